The molecule has 0 saturated heterocycles. The van der Waals surface area contributed by atoms with Crippen LogP contribution in [0.4, 0.5) is 0 Å². The Balaban J connectivity index is 2.24. The van der Waals surface area contributed by atoms with E-state index in [1.807, 2.05) is 6.07 Å². The standard InChI is InChI=1S/C20H29N3O2/c1-5-13-22-19(21-2)23-15-20(11-7-6-8-12-20)16-9-10-17(24-3)18(14-16)25-4/h1,9-10,14H,6-8,11-13,15H2,2-4H3,(H2,21,22,23). The molecule has 2 rings (SSSR count). The first-order chi connectivity index (χ1) is 12.2. The monoisotopic (exact) mass is 343 g/mol. The molecule has 0 bridgehead atoms. The highest BCUT2D eigenvalue weighted by molar-refractivity contribution is 5.80. The molecule has 0 amide bonds. The van der Waals surface area contributed by atoms with Gasteiger partial charge in [-0.1, -0.05) is 31.2 Å². The van der Waals surface area contributed by atoms with E-state index in [4.69, 9.17) is 15.9 Å². The second-order valence-corrected chi connectivity index (χ2v) is 6.39. The lowest BCUT2D eigenvalue weighted by atomic mass is 9.69. The zero-order valence-corrected chi connectivity index (χ0v) is 15.5. The van der Waals surface area contributed by atoms with Crippen LogP contribution in [0.15, 0.2) is 23.2 Å². The van der Waals surface area contributed by atoms with Crippen molar-refractivity contribution >= 4 is 5.96 Å². The highest BCUT2D eigenvalue weighted by atomic mass is 16.5. The summed E-state index contributed by atoms with van der Waals surface area (Å²) in [5.74, 6) is 4.85. The van der Waals surface area contributed by atoms with Gasteiger partial charge in [0, 0.05) is 19.0 Å². The lowest BCUT2D eigenvalue weighted by Crippen LogP contribution is -2.46. The van der Waals surface area contributed by atoms with Crippen LogP contribution in [0.3, 0.4) is 0 Å². The Labute approximate surface area is 151 Å². The molecular weight excluding hydrogens is 314 g/mol. The minimum atomic E-state index is 0.0611. The summed E-state index contributed by atoms with van der Waals surface area (Å²) < 4.78 is 10.9. The topological polar surface area (TPSA) is 54.9 Å². The maximum Gasteiger partial charge on any atom is 0.191 e. The number of terminal acetylenes is 1. The van der Waals surface area contributed by atoms with E-state index < -0.39 is 0 Å². The Morgan fingerprint density at radius 1 is 1.16 bits per heavy atom. The smallest absolute Gasteiger partial charge is 0.191 e. The van der Waals surface area contributed by atoms with Crippen molar-refractivity contribution in [1.29, 1.82) is 0 Å². The van der Waals surface area contributed by atoms with Crippen LogP contribution in [0.1, 0.15) is 37.7 Å². The van der Waals surface area contributed by atoms with Gasteiger partial charge in [-0.2, -0.15) is 0 Å². The van der Waals surface area contributed by atoms with Gasteiger partial charge in [0.05, 0.1) is 20.8 Å². The normalized spacial score (nSPS) is 16.6. The Morgan fingerprint density at radius 3 is 2.48 bits per heavy atom. The summed E-state index contributed by atoms with van der Waals surface area (Å²) in [5, 5.41) is 6.58. The number of nitrogens with zero attached hydrogens (tertiary/aromatic N) is 1. The molecule has 0 radical (unpaired) electrons. The van der Waals surface area contributed by atoms with Gasteiger partial charge in [-0.05, 0) is 30.5 Å². The third-order valence-corrected chi connectivity index (χ3v) is 4.98. The lowest BCUT2D eigenvalue weighted by Gasteiger charge is -2.38. The fraction of sp³-hybridized carbons (Fsp3) is 0.550. The molecule has 0 unspecified atom stereocenters. The Bertz CT molecular complexity index is 628. The highest BCUT2D eigenvalue weighted by Crippen LogP contribution is 2.42. The van der Waals surface area contributed by atoms with Crippen LogP contribution in [0.2, 0.25) is 0 Å². The van der Waals surface area contributed by atoms with Crippen molar-refractivity contribution in [3.8, 4) is 23.8 Å². The van der Waals surface area contributed by atoms with Gasteiger partial charge in [-0.25, -0.2) is 0 Å². The van der Waals surface area contributed by atoms with Gasteiger partial charge in [-0.15, -0.1) is 6.42 Å². The van der Waals surface area contributed by atoms with Gasteiger partial charge in [0.2, 0.25) is 0 Å². The molecule has 5 nitrogen and oxygen atoms in total. The molecule has 2 N–H and O–H groups in total. The van der Waals surface area contributed by atoms with Gasteiger partial charge < -0.3 is 20.1 Å². The summed E-state index contributed by atoms with van der Waals surface area (Å²) in [6, 6.07) is 6.27. The van der Waals surface area contributed by atoms with Crippen LogP contribution < -0.4 is 20.1 Å². The van der Waals surface area contributed by atoms with E-state index in [9.17, 15) is 0 Å². The van der Waals surface area contributed by atoms with Crippen LogP contribution in [-0.2, 0) is 5.41 Å². The molecule has 1 aliphatic carbocycles. The number of ether oxygens (including phenoxy) is 2. The average Bonchev–Trinajstić information content (AvgIpc) is 2.68. The zero-order valence-electron chi connectivity index (χ0n) is 15.5. The Kier molecular flexibility index (Phi) is 7.00. The van der Waals surface area contributed by atoms with Crippen LogP contribution in [0.5, 0.6) is 11.5 Å². The zero-order chi connectivity index (χ0) is 18.1. The molecule has 136 valence electrons. The fourth-order valence-electron chi connectivity index (χ4n) is 3.57. The number of hydrogen-bond donors (Lipinski definition) is 2. The number of hydrogen-bond acceptors (Lipinski definition) is 3. The maximum absolute atomic E-state index is 5.51. The Hall–Kier alpha value is -2.35. The van der Waals surface area contributed by atoms with Crippen molar-refractivity contribution in [3.05, 3.63) is 23.8 Å². The predicted octanol–water partition coefficient (Wildman–Crippen LogP) is 2.70. The summed E-state index contributed by atoms with van der Waals surface area (Å²) in [5.41, 5.74) is 1.34. The first kappa shape index (κ1) is 19.0. The molecule has 0 aliphatic heterocycles. The minimum Gasteiger partial charge on any atom is -0.493 e. The molecule has 0 atom stereocenters. The second-order valence-electron chi connectivity index (χ2n) is 6.39. The predicted molar refractivity (Wildman–Crippen MR) is 103 cm³/mol. The van der Waals surface area contributed by atoms with Crippen molar-refractivity contribution in [3.63, 3.8) is 0 Å². The summed E-state index contributed by atoms with van der Waals surface area (Å²) >= 11 is 0. The van der Waals surface area contributed by atoms with Gasteiger partial charge >= 0.3 is 0 Å². The molecule has 1 fully saturated rings. The van der Waals surface area contributed by atoms with Gasteiger partial charge in [0.25, 0.3) is 0 Å². The first-order valence-corrected chi connectivity index (χ1v) is 8.79. The van der Waals surface area contributed by atoms with Crippen molar-refractivity contribution < 1.29 is 9.47 Å². The number of guanidine groups is 1. The molecule has 0 aromatic heterocycles. The van der Waals surface area contributed by atoms with Gasteiger partial charge in [-0.3, -0.25) is 4.99 Å². The summed E-state index contributed by atoms with van der Waals surface area (Å²) in [6.45, 7) is 1.27. The molecule has 0 heterocycles. The summed E-state index contributed by atoms with van der Waals surface area (Å²) in [7, 11) is 5.10. The second kappa shape index (κ2) is 9.22. The summed E-state index contributed by atoms with van der Waals surface area (Å²) in [4.78, 5) is 4.25. The molecule has 0 spiro atoms. The SMILES string of the molecule is C#CCNC(=NC)NCC1(c2ccc(OC)c(OC)c2)CCCCC1. The Morgan fingerprint density at radius 2 is 1.88 bits per heavy atom. The molecule has 1 aromatic carbocycles. The van der Waals surface area contributed by atoms with Crippen molar-refractivity contribution in [2.24, 2.45) is 4.99 Å². The van der Waals surface area contributed by atoms with Gasteiger partial charge in [0.15, 0.2) is 17.5 Å². The van der Waals surface area contributed by atoms with Crippen molar-refractivity contribution in [2.75, 3.05) is 34.4 Å². The first-order valence-electron chi connectivity index (χ1n) is 8.79. The van der Waals surface area contributed by atoms with Crippen LogP contribution >= 0.6 is 0 Å². The number of methoxy groups -OCH3 is 2. The van der Waals surface area contributed by atoms with E-state index in [-0.39, 0.29) is 5.41 Å². The van der Waals surface area contributed by atoms with E-state index >= 15 is 0 Å². The average molecular weight is 343 g/mol. The summed E-state index contributed by atoms with van der Waals surface area (Å²) in [6.07, 6.45) is 11.4. The van der Waals surface area contributed by atoms with Crippen LogP contribution in [0.25, 0.3) is 0 Å². The third-order valence-electron chi connectivity index (χ3n) is 4.98. The van der Waals surface area contributed by atoms with Crippen LogP contribution in [-0.4, -0.2) is 40.3 Å². The lowest BCUT2D eigenvalue weighted by molar-refractivity contribution is 0.288. The molecule has 5 heteroatoms. The fourth-order valence-corrected chi connectivity index (χ4v) is 3.57. The molecule has 1 saturated carbocycles. The molecule has 1 aliphatic rings. The van der Waals surface area contributed by atoms with Crippen LogP contribution in [0, 0.1) is 12.3 Å². The molecular formula is C20H29N3O2. The number of nitrogens with one attached hydrogen (secondary N) is 2. The van der Waals surface area contributed by atoms with E-state index in [2.05, 4.69) is 33.7 Å². The minimum absolute atomic E-state index is 0.0611. The van der Waals surface area contributed by atoms with E-state index in [0.29, 0.717) is 6.54 Å². The quantitative estimate of drug-likeness (QED) is 0.474. The molecule has 1 aromatic rings. The highest BCUT2D eigenvalue weighted by Gasteiger charge is 2.34. The van der Waals surface area contributed by atoms with Gasteiger partial charge in [0.1, 0.15) is 0 Å². The number of benzene rings is 1. The number of aliphatic imine (C=N–C) groups is 1. The molecule has 25 heavy (non-hydrogen) atoms. The van der Waals surface area contributed by atoms with E-state index in [1.165, 1.54) is 24.8 Å². The van der Waals surface area contributed by atoms with Crippen molar-refractivity contribution in [2.45, 2.75) is 37.5 Å². The van der Waals surface area contributed by atoms with E-state index in [0.717, 1.165) is 36.8 Å². The van der Waals surface area contributed by atoms with Crippen molar-refractivity contribution in [1.82, 2.24) is 10.6 Å². The largest absolute Gasteiger partial charge is 0.493 e. The number of rotatable bonds is 6. The third kappa shape index (κ3) is 4.60. The van der Waals surface area contributed by atoms with E-state index in [1.54, 1.807) is 21.3 Å². The maximum atomic E-state index is 5.51.